The molecular formula is C24H26N2O4. The van der Waals surface area contributed by atoms with Crippen molar-refractivity contribution in [2.75, 3.05) is 13.2 Å². The lowest BCUT2D eigenvalue weighted by Gasteiger charge is -2.35. The van der Waals surface area contributed by atoms with Crippen LogP contribution in [-0.4, -0.2) is 38.9 Å². The minimum Gasteiger partial charge on any atom is -0.508 e. The summed E-state index contributed by atoms with van der Waals surface area (Å²) in [6, 6.07) is 9.64. The molecule has 1 aliphatic carbocycles. The molecule has 6 heteroatoms. The first-order valence-electron chi connectivity index (χ1n) is 10.6. The maximum Gasteiger partial charge on any atom is 0.306 e. The number of aromatic nitrogens is 2. The van der Waals surface area contributed by atoms with Crippen molar-refractivity contribution in [2.24, 2.45) is 5.92 Å². The largest absolute Gasteiger partial charge is 0.508 e. The van der Waals surface area contributed by atoms with Crippen molar-refractivity contribution in [3.8, 4) is 11.4 Å². The summed E-state index contributed by atoms with van der Waals surface area (Å²) in [5.74, 6) is -0.232. The molecule has 0 atom stereocenters. The number of fused-ring (bicyclic) bond motifs is 1. The number of carboxylic acids is 1. The lowest BCUT2D eigenvalue weighted by molar-refractivity contribution is -0.145. The second kappa shape index (κ2) is 7.43. The fourth-order valence-electron chi connectivity index (χ4n) is 5.13. The van der Waals surface area contributed by atoms with E-state index < -0.39 is 5.97 Å². The molecule has 6 nitrogen and oxygen atoms in total. The minimum absolute atomic E-state index is 0.192. The number of aliphatic carboxylic acids is 1. The maximum atomic E-state index is 11.5. The third kappa shape index (κ3) is 3.16. The van der Waals surface area contributed by atoms with E-state index in [1.165, 1.54) is 11.3 Å². The van der Waals surface area contributed by atoms with E-state index in [0.717, 1.165) is 48.3 Å². The first-order chi connectivity index (χ1) is 14.5. The molecule has 0 spiro atoms. The molecule has 1 saturated carbocycles. The summed E-state index contributed by atoms with van der Waals surface area (Å²) in [6.07, 6.45) is 5.00. The molecule has 0 unspecified atom stereocenters. The maximum absolute atomic E-state index is 11.5. The second-order valence-electron chi connectivity index (χ2n) is 8.58. The number of carbonyl (C=O) groups is 1. The molecule has 2 fully saturated rings. The Labute approximate surface area is 175 Å². The third-order valence-corrected chi connectivity index (χ3v) is 6.67. The number of phenols is 1. The Balaban J connectivity index is 1.76. The summed E-state index contributed by atoms with van der Waals surface area (Å²) in [7, 11) is 0. The van der Waals surface area contributed by atoms with Crippen LogP contribution in [0.25, 0.3) is 16.6 Å². The van der Waals surface area contributed by atoms with Gasteiger partial charge in [0.1, 0.15) is 5.75 Å². The highest BCUT2D eigenvalue weighted by molar-refractivity contribution is 5.90. The zero-order valence-electron chi connectivity index (χ0n) is 17.0. The number of aromatic hydroxyl groups is 1. The first-order valence-corrected chi connectivity index (χ1v) is 10.6. The lowest BCUT2D eigenvalue weighted by Crippen LogP contribution is -2.30. The van der Waals surface area contributed by atoms with E-state index in [1.54, 1.807) is 6.07 Å². The number of benzene rings is 1. The predicted octanol–water partition coefficient (Wildman–Crippen LogP) is 4.51. The summed E-state index contributed by atoms with van der Waals surface area (Å²) in [5.41, 5.74) is 5.51. The van der Waals surface area contributed by atoms with E-state index >= 15 is 0 Å². The Bertz CT molecular complexity index is 1110. The number of phenolic OH excluding ortho intramolecular Hbond substituents is 1. The van der Waals surface area contributed by atoms with Crippen LogP contribution in [0, 0.1) is 12.8 Å². The van der Waals surface area contributed by atoms with Gasteiger partial charge in [0.05, 0.1) is 11.4 Å². The summed E-state index contributed by atoms with van der Waals surface area (Å²) >= 11 is 0. The van der Waals surface area contributed by atoms with Crippen LogP contribution in [0.5, 0.6) is 5.75 Å². The van der Waals surface area contributed by atoms with Gasteiger partial charge in [0.15, 0.2) is 0 Å². The number of nitrogens with zero attached hydrogens (tertiary/aromatic N) is 2. The zero-order valence-corrected chi connectivity index (χ0v) is 17.0. The molecule has 3 heterocycles. The van der Waals surface area contributed by atoms with Gasteiger partial charge in [0.2, 0.25) is 0 Å². The minimum atomic E-state index is -0.713. The van der Waals surface area contributed by atoms with E-state index in [-0.39, 0.29) is 17.6 Å². The molecule has 1 aromatic carbocycles. The van der Waals surface area contributed by atoms with Gasteiger partial charge in [-0.25, -0.2) is 0 Å². The molecule has 0 bridgehead atoms. The van der Waals surface area contributed by atoms with Crippen LogP contribution in [-0.2, 0) is 9.53 Å². The fraction of sp³-hybridized carbons (Fsp3) is 0.417. The molecule has 2 aromatic heterocycles. The van der Waals surface area contributed by atoms with E-state index in [1.807, 2.05) is 31.3 Å². The molecule has 2 N–H and O–H groups in total. The molecule has 2 aliphatic rings. The van der Waals surface area contributed by atoms with E-state index in [0.29, 0.717) is 18.8 Å². The van der Waals surface area contributed by atoms with E-state index in [2.05, 4.69) is 15.6 Å². The summed E-state index contributed by atoms with van der Waals surface area (Å²) in [5, 5.41) is 20.7. The predicted molar refractivity (Wildman–Crippen MR) is 113 cm³/mol. The molecular weight excluding hydrogens is 380 g/mol. The smallest absolute Gasteiger partial charge is 0.306 e. The SMILES string of the molecule is Cc1cc(-n2c(C3CCOCC3)c(C3CC(C(=O)O)C3)c3cc(O)ccc32)ccn1. The molecule has 5 rings (SSSR count). The van der Waals surface area contributed by atoms with Gasteiger partial charge in [-0.15, -0.1) is 0 Å². The Hall–Kier alpha value is -2.86. The van der Waals surface area contributed by atoms with Crippen LogP contribution in [0.1, 0.15) is 54.5 Å². The van der Waals surface area contributed by atoms with Gasteiger partial charge in [-0.3, -0.25) is 9.78 Å². The molecule has 0 amide bonds. The lowest BCUT2D eigenvalue weighted by atomic mass is 9.69. The summed E-state index contributed by atoms with van der Waals surface area (Å²) in [4.78, 5) is 15.8. The van der Waals surface area contributed by atoms with Crippen LogP contribution in [0.2, 0.25) is 0 Å². The van der Waals surface area contributed by atoms with Crippen molar-refractivity contribution >= 4 is 16.9 Å². The zero-order chi connectivity index (χ0) is 20.8. The Morgan fingerprint density at radius 1 is 1.13 bits per heavy atom. The van der Waals surface area contributed by atoms with Crippen LogP contribution >= 0.6 is 0 Å². The van der Waals surface area contributed by atoms with E-state index in [4.69, 9.17) is 4.74 Å². The highest BCUT2D eigenvalue weighted by Gasteiger charge is 2.40. The molecule has 1 aliphatic heterocycles. The number of hydrogen-bond acceptors (Lipinski definition) is 4. The van der Waals surface area contributed by atoms with Gasteiger partial charge in [0.25, 0.3) is 0 Å². The van der Waals surface area contributed by atoms with Crippen LogP contribution in [0.3, 0.4) is 0 Å². The molecule has 3 aromatic rings. The number of aryl methyl sites for hydroxylation is 1. The number of carboxylic acid groups (broad SMARTS) is 1. The third-order valence-electron chi connectivity index (χ3n) is 6.67. The monoisotopic (exact) mass is 406 g/mol. The first kappa shape index (κ1) is 19.1. The summed E-state index contributed by atoms with van der Waals surface area (Å²) in [6.45, 7) is 3.45. The second-order valence-corrected chi connectivity index (χ2v) is 8.58. The normalized spacial score (nSPS) is 22.2. The average Bonchev–Trinajstić information content (AvgIpc) is 3.01. The van der Waals surface area contributed by atoms with E-state index in [9.17, 15) is 15.0 Å². The van der Waals surface area contributed by atoms with Gasteiger partial charge in [0, 0.05) is 47.8 Å². The molecule has 30 heavy (non-hydrogen) atoms. The van der Waals surface area contributed by atoms with Crippen molar-refractivity contribution in [3.63, 3.8) is 0 Å². The van der Waals surface area contributed by atoms with Crippen molar-refractivity contribution in [2.45, 2.75) is 44.4 Å². The van der Waals surface area contributed by atoms with Crippen molar-refractivity contribution in [3.05, 3.63) is 53.5 Å². The standard InChI is InChI=1S/C24H26N2O4/c1-14-10-18(4-7-25-14)26-21-3-2-19(27)13-20(21)22(16-11-17(12-16)24(28)29)23(26)15-5-8-30-9-6-15/h2-4,7,10,13,15-17,27H,5-6,8-9,11-12H2,1H3,(H,28,29). The van der Waals surface area contributed by atoms with Gasteiger partial charge in [-0.2, -0.15) is 0 Å². The van der Waals surface area contributed by atoms with Crippen molar-refractivity contribution in [1.29, 1.82) is 0 Å². The van der Waals surface area contributed by atoms with Crippen LogP contribution < -0.4 is 0 Å². The number of pyridine rings is 1. The van der Waals surface area contributed by atoms with Crippen molar-refractivity contribution in [1.82, 2.24) is 9.55 Å². The number of rotatable bonds is 4. The van der Waals surface area contributed by atoms with Gasteiger partial charge < -0.3 is 19.5 Å². The fourth-order valence-corrected chi connectivity index (χ4v) is 5.13. The number of hydrogen-bond donors (Lipinski definition) is 2. The highest BCUT2D eigenvalue weighted by atomic mass is 16.5. The van der Waals surface area contributed by atoms with Gasteiger partial charge in [-0.05, 0) is 74.4 Å². The molecule has 156 valence electrons. The highest BCUT2D eigenvalue weighted by Crippen LogP contribution is 2.50. The quantitative estimate of drug-likeness (QED) is 0.666. The average molecular weight is 406 g/mol. The Morgan fingerprint density at radius 3 is 2.60 bits per heavy atom. The van der Waals surface area contributed by atoms with Gasteiger partial charge in [-0.1, -0.05) is 0 Å². The van der Waals surface area contributed by atoms with Crippen LogP contribution in [0.4, 0.5) is 0 Å². The topological polar surface area (TPSA) is 84.6 Å². The Kier molecular flexibility index (Phi) is 4.74. The molecule has 1 saturated heterocycles. The van der Waals surface area contributed by atoms with Gasteiger partial charge >= 0.3 is 5.97 Å². The summed E-state index contributed by atoms with van der Waals surface area (Å²) < 4.78 is 7.94. The van der Waals surface area contributed by atoms with Crippen molar-refractivity contribution < 1.29 is 19.7 Å². The Morgan fingerprint density at radius 2 is 1.90 bits per heavy atom. The number of ether oxygens (including phenoxy) is 1. The molecule has 0 radical (unpaired) electrons. The van der Waals surface area contributed by atoms with Crippen LogP contribution in [0.15, 0.2) is 36.5 Å².